The molecule has 1 aliphatic carbocycles. The van der Waals surface area contributed by atoms with Crippen molar-refractivity contribution in [3.63, 3.8) is 0 Å². The number of aromatic nitrogens is 2. The number of benzene rings is 1. The van der Waals surface area contributed by atoms with Gasteiger partial charge in [-0.25, -0.2) is 4.98 Å². The highest BCUT2D eigenvalue weighted by Gasteiger charge is 2.24. The molecule has 0 radical (unpaired) electrons. The van der Waals surface area contributed by atoms with Crippen molar-refractivity contribution < 1.29 is 0 Å². The van der Waals surface area contributed by atoms with Gasteiger partial charge in [-0.05, 0) is 50.6 Å². The van der Waals surface area contributed by atoms with Crippen LogP contribution in [0.1, 0.15) is 37.7 Å². The van der Waals surface area contributed by atoms with E-state index < -0.39 is 0 Å². The highest BCUT2D eigenvalue weighted by molar-refractivity contribution is 5.34. The summed E-state index contributed by atoms with van der Waals surface area (Å²) in [6.07, 6.45) is 12.6. The van der Waals surface area contributed by atoms with E-state index >= 15 is 0 Å². The maximum atomic E-state index is 4.10. The molecule has 4 nitrogen and oxygen atoms in total. The minimum Gasteiger partial charge on any atom is -0.311 e. The maximum absolute atomic E-state index is 4.10. The fourth-order valence-electron chi connectivity index (χ4n) is 3.85. The summed E-state index contributed by atoms with van der Waals surface area (Å²) in [5, 5.41) is 3.67. The van der Waals surface area contributed by atoms with Crippen LogP contribution < -0.4 is 5.32 Å². The predicted octanol–water partition coefficient (Wildman–Crippen LogP) is 3.47. The molecular formula is C20H30N4. The molecule has 0 bridgehead atoms. The van der Waals surface area contributed by atoms with Crippen LogP contribution in [0, 0.1) is 5.92 Å². The van der Waals surface area contributed by atoms with E-state index in [4.69, 9.17) is 0 Å². The van der Waals surface area contributed by atoms with Gasteiger partial charge in [0.2, 0.25) is 0 Å². The smallest absolute Gasteiger partial charge is 0.0991 e. The topological polar surface area (TPSA) is 33.1 Å². The summed E-state index contributed by atoms with van der Waals surface area (Å²) in [4.78, 5) is 6.50. The second kappa shape index (κ2) is 8.45. The van der Waals surface area contributed by atoms with Gasteiger partial charge in [0.15, 0.2) is 0 Å². The molecule has 1 aliphatic rings. The molecule has 0 aliphatic heterocycles. The lowest BCUT2D eigenvalue weighted by Crippen LogP contribution is -2.43. The van der Waals surface area contributed by atoms with Gasteiger partial charge in [0, 0.05) is 37.2 Å². The Bertz CT molecular complexity index is 583. The highest BCUT2D eigenvalue weighted by Crippen LogP contribution is 2.28. The van der Waals surface area contributed by atoms with Crippen molar-refractivity contribution in [3.05, 3.63) is 48.5 Å². The number of hydrogen-bond acceptors (Lipinski definition) is 3. The first-order valence-corrected chi connectivity index (χ1v) is 9.18. The maximum Gasteiger partial charge on any atom is 0.0991 e. The third-order valence-corrected chi connectivity index (χ3v) is 5.28. The van der Waals surface area contributed by atoms with Crippen LogP contribution >= 0.6 is 0 Å². The first-order valence-electron chi connectivity index (χ1n) is 9.18. The Balaban J connectivity index is 1.51. The molecule has 1 saturated carbocycles. The molecule has 3 rings (SSSR count). The second-order valence-corrected chi connectivity index (χ2v) is 7.20. The normalized spacial score (nSPS) is 17.3. The average molecular weight is 326 g/mol. The Morgan fingerprint density at radius 1 is 1.17 bits per heavy atom. The van der Waals surface area contributed by atoms with Gasteiger partial charge in [0.25, 0.3) is 0 Å². The Labute approximate surface area is 145 Å². The van der Waals surface area contributed by atoms with Crippen LogP contribution in [0.25, 0.3) is 5.69 Å². The van der Waals surface area contributed by atoms with Crippen LogP contribution in [-0.4, -0.2) is 41.1 Å². The van der Waals surface area contributed by atoms with Gasteiger partial charge >= 0.3 is 0 Å². The summed E-state index contributed by atoms with van der Waals surface area (Å²) in [7, 11) is 4.45. The lowest BCUT2D eigenvalue weighted by atomic mass is 9.83. The summed E-state index contributed by atoms with van der Waals surface area (Å²) in [5.74, 6) is 0.852. The molecule has 4 heteroatoms. The summed E-state index contributed by atoms with van der Waals surface area (Å²) in [6.45, 7) is 2.00. The third kappa shape index (κ3) is 4.46. The van der Waals surface area contributed by atoms with Crippen LogP contribution in [0.4, 0.5) is 0 Å². The highest BCUT2D eigenvalue weighted by atomic mass is 15.1. The lowest BCUT2D eigenvalue weighted by molar-refractivity contribution is 0.166. The number of likely N-dealkylation sites (N-methyl/N-ethyl adjacent to an activating group) is 1. The van der Waals surface area contributed by atoms with E-state index in [1.165, 1.54) is 37.7 Å². The molecule has 1 aromatic heterocycles. The molecule has 130 valence electrons. The van der Waals surface area contributed by atoms with Crippen LogP contribution in [0.3, 0.4) is 0 Å². The first-order chi connectivity index (χ1) is 11.7. The molecule has 24 heavy (non-hydrogen) atoms. The molecule has 0 spiro atoms. The largest absolute Gasteiger partial charge is 0.311 e. The van der Waals surface area contributed by atoms with Gasteiger partial charge in [-0.15, -0.1) is 0 Å². The number of rotatable bonds is 7. The van der Waals surface area contributed by atoms with Crippen molar-refractivity contribution in [1.29, 1.82) is 0 Å². The Morgan fingerprint density at radius 3 is 2.54 bits per heavy atom. The molecule has 0 saturated heterocycles. The Kier molecular flexibility index (Phi) is 6.05. The number of nitrogens with one attached hydrogen (secondary N) is 1. The number of hydrogen-bond donors (Lipinski definition) is 1. The van der Waals surface area contributed by atoms with Crippen molar-refractivity contribution >= 4 is 0 Å². The zero-order valence-electron chi connectivity index (χ0n) is 15.0. The van der Waals surface area contributed by atoms with Gasteiger partial charge < -0.3 is 14.8 Å². The lowest BCUT2D eigenvalue weighted by Gasteiger charge is -2.35. The molecule has 1 atom stereocenters. The zero-order chi connectivity index (χ0) is 16.8. The molecule has 1 fully saturated rings. The second-order valence-electron chi connectivity index (χ2n) is 7.20. The van der Waals surface area contributed by atoms with Crippen LogP contribution in [0.2, 0.25) is 0 Å². The van der Waals surface area contributed by atoms with Crippen molar-refractivity contribution in [3.8, 4) is 5.69 Å². The van der Waals surface area contributed by atoms with E-state index in [0.29, 0.717) is 6.04 Å². The summed E-state index contributed by atoms with van der Waals surface area (Å²) in [6, 6.07) is 9.36. The van der Waals surface area contributed by atoms with Crippen LogP contribution in [-0.2, 0) is 6.54 Å². The predicted molar refractivity (Wildman–Crippen MR) is 99.3 cm³/mol. The van der Waals surface area contributed by atoms with Crippen LogP contribution in [0.15, 0.2) is 43.0 Å². The van der Waals surface area contributed by atoms with Gasteiger partial charge in [0.1, 0.15) is 0 Å². The molecule has 1 aromatic carbocycles. The Morgan fingerprint density at radius 2 is 1.92 bits per heavy atom. The summed E-state index contributed by atoms with van der Waals surface area (Å²) in [5.41, 5.74) is 2.49. The molecule has 1 heterocycles. The van der Waals surface area contributed by atoms with Crippen molar-refractivity contribution in [2.45, 2.75) is 44.7 Å². The van der Waals surface area contributed by atoms with E-state index in [2.05, 4.69) is 53.6 Å². The van der Waals surface area contributed by atoms with Gasteiger partial charge in [0.05, 0.1) is 6.33 Å². The SMILES string of the molecule is CN(C)C(CNCc1ccc(-n2ccnc2)cc1)C1CCCCC1. The Hall–Kier alpha value is -1.65. The number of nitrogens with zero attached hydrogens (tertiary/aromatic N) is 3. The third-order valence-electron chi connectivity index (χ3n) is 5.28. The monoisotopic (exact) mass is 326 g/mol. The van der Waals surface area contributed by atoms with Crippen molar-refractivity contribution in [1.82, 2.24) is 19.8 Å². The van der Waals surface area contributed by atoms with Gasteiger partial charge in [-0.3, -0.25) is 0 Å². The van der Waals surface area contributed by atoms with E-state index in [0.717, 1.165) is 24.7 Å². The standard InChI is InChI=1S/C20H30N4/c1-23(2)20(18-6-4-3-5-7-18)15-22-14-17-8-10-19(11-9-17)24-13-12-21-16-24/h8-13,16,18,20,22H,3-7,14-15H2,1-2H3. The van der Waals surface area contributed by atoms with Crippen molar-refractivity contribution in [2.24, 2.45) is 5.92 Å². The molecule has 1 unspecified atom stereocenters. The van der Waals surface area contributed by atoms with E-state index in [9.17, 15) is 0 Å². The van der Waals surface area contributed by atoms with Gasteiger partial charge in [-0.2, -0.15) is 0 Å². The minimum absolute atomic E-state index is 0.649. The van der Waals surface area contributed by atoms with Gasteiger partial charge in [-0.1, -0.05) is 31.4 Å². The fourth-order valence-corrected chi connectivity index (χ4v) is 3.85. The summed E-state index contributed by atoms with van der Waals surface area (Å²) < 4.78 is 2.03. The molecule has 0 amide bonds. The average Bonchev–Trinajstić information content (AvgIpc) is 3.14. The van der Waals surface area contributed by atoms with E-state index in [-0.39, 0.29) is 0 Å². The zero-order valence-corrected chi connectivity index (χ0v) is 15.0. The van der Waals surface area contributed by atoms with Crippen molar-refractivity contribution in [2.75, 3.05) is 20.6 Å². The van der Waals surface area contributed by atoms with Crippen LogP contribution in [0.5, 0.6) is 0 Å². The molecule has 2 aromatic rings. The molecular weight excluding hydrogens is 296 g/mol. The molecule has 1 N–H and O–H groups in total. The number of imidazole rings is 1. The van der Waals surface area contributed by atoms with E-state index in [1.807, 2.05) is 23.3 Å². The summed E-state index contributed by atoms with van der Waals surface area (Å²) >= 11 is 0. The fraction of sp³-hybridized carbons (Fsp3) is 0.550. The minimum atomic E-state index is 0.649. The first kappa shape index (κ1) is 17.2. The quantitative estimate of drug-likeness (QED) is 0.846. The van der Waals surface area contributed by atoms with E-state index in [1.54, 1.807) is 0 Å².